The van der Waals surface area contributed by atoms with E-state index < -0.39 is 0 Å². The number of aromatic amines is 1. The summed E-state index contributed by atoms with van der Waals surface area (Å²) in [4.78, 5) is 14.2. The van der Waals surface area contributed by atoms with Gasteiger partial charge in [-0.3, -0.25) is 4.79 Å². The maximum Gasteiger partial charge on any atom is 0.276 e. The van der Waals surface area contributed by atoms with Crippen molar-refractivity contribution in [1.29, 1.82) is 0 Å². The Morgan fingerprint density at radius 3 is 3.00 bits per heavy atom. The summed E-state index contributed by atoms with van der Waals surface area (Å²) in [5, 5.41) is 4.97. The molecule has 0 bridgehead atoms. The lowest BCUT2D eigenvalue weighted by molar-refractivity contribution is 0.914. The smallest absolute Gasteiger partial charge is 0.276 e. The fraction of sp³-hybridized carbons (Fsp3) is 0. The third-order valence-electron chi connectivity index (χ3n) is 2.58. The molecule has 16 heavy (non-hydrogen) atoms. The zero-order valence-corrected chi connectivity index (χ0v) is 8.27. The summed E-state index contributed by atoms with van der Waals surface area (Å²) in [6, 6.07) is 7.54. The van der Waals surface area contributed by atoms with Gasteiger partial charge in [0.2, 0.25) is 0 Å². The van der Waals surface area contributed by atoms with E-state index in [0.717, 1.165) is 10.9 Å². The number of fused-ring (bicyclic) bond motifs is 3. The van der Waals surface area contributed by atoms with Gasteiger partial charge < -0.3 is 4.98 Å². The second kappa shape index (κ2) is 2.97. The van der Waals surface area contributed by atoms with Gasteiger partial charge in [0.15, 0.2) is 0 Å². The molecule has 0 atom stereocenters. The quantitative estimate of drug-likeness (QED) is 0.565. The van der Waals surface area contributed by atoms with Crippen LogP contribution in [0.25, 0.3) is 16.4 Å². The van der Waals surface area contributed by atoms with Gasteiger partial charge in [0.1, 0.15) is 11.8 Å². The molecule has 1 N–H and O–H groups in total. The first-order valence-electron chi connectivity index (χ1n) is 4.76. The highest BCUT2D eigenvalue weighted by Gasteiger charge is 2.12. The number of H-pyrrole nitrogens is 1. The van der Waals surface area contributed by atoms with E-state index in [9.17, 15) is 4.79 Å². The van der Waals surface area contributed by atoms with Gasteiger partial charge in [-0.2, -0.15) is 5.10 Å². The van der Waals surface area contributed by atoms with Crippen molar-refractivity contribution in [2.24, 2.45) is 0 Å². The summed E-state index contributed by atoms with van der Waals surface area (Å²) in [6.45, 7) is 0. The van der Waals surface area contributed by atoms with Crippen LogP contribution in [0.4, 0.5) is 0 Å². The number of aromatic nitrogens is 3. The maximum atomic E-state index is 11.7. The lowest BCUT2D eigenvalue weighted by Crippen LogP contribution is -2.11. The second-order valence-corrected chi connectivity index (χ2v) is 3.41. The molecule has 2 aromatic heterocycles. The summed E-state index contributed by atoms with van der Waals surface area (Å²) in [7, 11) is 0. The van der Waals surface area contributed by atoms with Crippen LogP contribution in [0.1, 0.15) is 5.56 Å². The standard InChI is InChI=1S/C12H7N3O/c1-2-8-9-5-3-4-6-10(9)15-11(8)12(16)13-7-14-15/h1,3-7H,(H,13,14,16). The number of hydrogen-bond acceptors (Lipinski definition) is 2. The molecule has 4 heteroatoms. The molecule has 0 spiro atoms. The van der Waals surface area contributed by atoms with Crippen LogP contribution in [-0.4, -0.2) is 14.6 Å². The largest absolute Gasteiger partial charge is 0.310 e. The number of benzene rings is 1. The molecule has 0 unspecified atom stereocenters. The molecule has 4 nitrogen and oxygen atoms in total. The Morgan fingerprint density at radius 1 is 1.38 bits per heavy atom. The molecule has 76 valence electrons. The monoisotopic (exact) mass is 209 g/mol. The van der Waals surface area contributed by atoms with Gasteiger partial charge >= 0.3 is 0 Å². The highest BCUT2D eigenvalue weighted by molar-refractivity contribution is 5.94. The lowest BCUT2D eigenvalue weighted by Gasteiger charge is -1.92. The molecule has 3 rings (SSSR count). The Bertz CT molecular complexity index is 789. The van der Waals surface area contributed by atoms with Crippen molar-refractivity contribution < 1.29 is 0 Å². The molecular formula is C12H7N3O. The minimum absolute atomic E-state index is 0.223. The minimum atomic E-state index is -0.223. The Labute approximate surface area is 90.5 Å². The maximum absolute atomic E-state index is 11.7. The molecule has 0 aliphatic carbocycles. The first kappa shape index (κ1) is 8.74. The Hall–Kier alpha value is -2.54. The minimum Gasteiger partial charge on any atom is -0.310 e. The molecule has 2 heterocycles. The first-order chi connectivity index (χ1) is 7.83. The molecule has 0 saturated heterocycles. The van der Waals surface area contributed by atoms with Crippen LogP contribution in [-0.2, 0) is 0 Å². The molecule has 0 amide bonds. The van der Waals surface area contributed by atoms with Gasteiger partial charge in [0.25, 0.3) is 5.56 Å². The Balaban J connectivity index is 2.77. The number of nitrogens with one attached hydrogen (secondary N) is 1. The fourth-order valence-electron chi connectivity index (χ4n) is 1.91. The summed E-state index contributed by atoms with van der Waals surface area (Å²) in [5.74, 6) is 2.55. The average molecular weight is 209 g/mol. The fourth-order valence-corrected chi connectivity index (χ4v) is 1.91. The number of rotatable bonds is 0. The summed E-state index contributed by atoms with van der Waals surface area (Å²) >= 11 is 0. The van der Waals surface area contributed by atoms with Crippen LogP contribution in [0.3, 0.4) is 0 Å². The molecule has 1 aromatic carbocycles. The van der Waals surface area contributed by atoms with Crippen LogP contribution in [0.5, 0.6) is 0 Å². The summed E-state index contributed by atoms with van der Waals surface area (Å²) in [6.07, 6.45) is 6.81. The van der Waals surface area contributed by atoms with Gasteiger partial charge in [-0.1, -0.05) is 24.1 Å². The number of terminal acetylenes is 1. The van der Waals surface area contributed by atoms with Crippen molar-refractivity contribution in [3.8, 4) is 12.3 Å². The Morgan fingerprint density at radius 2 is 2.19 bits per heavy atom. The molecule has 0 saturated carbocycles. The van der Waals surface area contributed by atoms with Crippen LogP contribution in [0, 0.1) is 12.3 Å². The Kier molecular flexibility index (Phi) is 1.62. The molecule has 0 fully saturated rings. The zero-order chi connectivity index (χ0) is 11.1. The number of para-hydroxylation sites is 1. The van der Waals surface area contributed by atoms with Gasteiger partial charge in [0.05, 0.1) is 11.1 Å². The highest BCUT2D eigenvalue weighted by Crippen LogP contribution is 2.22. The van der Waals surface area contributed by atoms with Gasteiger partial charge in [0, 0.05) is 5.39 Å². The van der Waals surface area contributed by atoms with Crippen LogP contribution < -0.4 is 5.56 Å². The van der Waals surface area contributed by atoms with E-state index >= 15 is 0 Å². The van der Waals surface area contributed by atoms with E-state index in [0.29, 0.717) is 11.1 Å². The zero-order valence-electron chi connectivity index (χ0n) is 8.27. The van der Waals surface area contributed by atoms with Crippen LogP contribution in [0.2, 0.25) is 0 Å². The van der Waals surface area contributed by atoms with Crippen molar-refractivity contribution in [2.45, 2.75) is 0 Å². The van der Waals surface area contributed by atoms with Crippen molar-refractivity contribution >= 4 is 16.4 Å². The normalized spacial score (nSPS) is 10.7. The molecule has 0 aliphatic rings. The van der Waals surface area contributed by atoms with Crippen LogP contribution >= 0.6 is 0 Å². The first-order valence-corrected chi connectivity index (χ1v) is 4.76. The van der Waals surface area contributed by atoms with Crippen molar-refractivity contribution in [3.05, 3.63) is 46.5 Å². The second-order valence-electron chi connectivity index (χ2n) is 3.41. The lowest BCUT2D eigenvalue weighted by atomic mass is 10.1. The van der Waals surface area contributed by atoms with Crippen molar-refractivity contribution in [3.63, 3.8) is 0 Å². The predicted octanol–water partition coefficient (Wildman–Crippen LogP) is 1.16. The van der Waals surface area contributed by atoms with E-state index in [1.165, 1.54) is 6.33 Å². The third kappa shape index (κ3) is 0.943. The van der Waals surface area contributed by atoms with Gasteiger partial charge in [-0.05, 0) is 6.07 Å². The highest BCUT2D eigenvalue weighted by atomic mass is 16.1. The third-order valence-corrected chi connectivity index (χ3v) is 2.58. The molecular weight excluding hydrogens is 202 g/mol. The number of nitrogens with zero attached hydrogens (tertiary/aromatic N) is 2. The molecule has 0 aliphatic heterocycles. The SMILES string of the molecule is C#Cc1c2ccccc2n2nc[nH]c(=O)c12. The molecule has 0 radical (unpaired) electrons. The van der Waals surface area contributed by atoms with E-state index in [-0.39, 0.29) is 5.56 Å². The molecule has 3 aromatic rings. The summed E-state index contributed by atoms with van der Waals surface area (Å²) in [5.41, 5.74) is 1.63. The summed E-state index contributed by atoms with van der Waals surface area (Å²) < 4.78 is 1.57. The van der Waals surface area contributed by atoms with E-state index in [4.69, 9.17) is 6.42 Å². The van der Waals surface area contributed by atoms with E-state index in [1.807, 2.05) is 24.3 Å². The van der Waals surface area contributed by atoms with Crippen LogP contribution in [0.15, 0.2) is 35.4 Å². The average Bonchev–Trinajstić information content (AvgIpc) is 2.65. The number of hydrogen-bond donors (Lipinski definition) is 1. The predicted molar refractivity (Wildman–Crippen MR) is 61.3 cm³/mol. The van der Waals surface area contributed by atoms with Gasteiger partial charge in [-0.25, -0.2) is 4.52 Å². The van der Waals surface area contributed by atoms with E-state index in [2.05, 4.69) is 16.0 Å². The van der Waals surface area contributed by atoms with Gasteiger partial charge in [-0.15, -0.1) is 6.42 Å². The van der Waals surface area contributed by atoms with E-state index in [1.54, 1.807) is 4.52 Å². The van der Waals surface area contributed by atoms with Crippen molar-refractivity contribution in [1.82, 2.24) is 14.6 Å². The van der Waals surface area contributed by atoms with Crippen molar-refractivity contribution in [2.75, 3.05) is 0 Å². The topological polar surface area (TPSA) is 50.2 Å².